The van der Waals surface area contributed by atoms with E-state index in [1.807, 2.05) is 0 Å². The first-order chi connectivity index (χ1) is 9.71. The molecule has 0 saturated carbocycles. The van der Waals surface area contributed by atoms with Crippen molar-refractivity contribution in [1.29, 1.82) is 0 Å². The van der Waals surface area contributed by atoms with Gasteiger partial charge in [0.1, 0.15) is 0 Å². The molecule has 0 spiro atoms. The monoisotopic (exact) mass is 494 g/mol. The SMILES string of the molecule is [CH3][Sn]([CH3])([CH3])[c]1cccc2c1[CH]([Sn]([CH3])([CH3])[CH3])c1ccccc1-2. The fourth-order valence-electron chi connectivity index (χ4n) is 3.81. The van der Waals surface area contributed by atoms with Crippen molar-refractivity contribution in [2.24, 2.45) is 0 Å². The zero-order valence-corrected chi connectivity index (χ0v) is 19.8. The Morgan fingerprint density at radius 3 is 1.95 bits per heavy atom. The molecule has 0 aromatic heterocycles. The zero-order valence-electron chi connectivity index (χ0n) is 14.1. The Labute approximate surface area is 137 Å². The van der Waals surface area contributed by atoms with Gasteiger partial charge in [-0.1, -0.05) is 0 Å². The minimum absolute atomic E-state index is 0.748. The summed E-state index contributed by atoms with van der Waals surface area (Å²) in [6.45, 7) is 0. The standard InChI is InChI=1S/C13H8.6CH3.2Sn/c1-3-7-12-10(5-1)9-11-6-2-4-8-13(11)12;;;;;;;;/h1-5,7-9H;6*1H3;;. The molecule has 110 valence electrons. The van der Waals surface area contributed by atoms with Crippen LogP contribution in [-0.2, 0) is 0 Å². The fourth-order valence-corrected chi connectivity index (χ4v) is 16.5. The first-order valence-electron chi connectivity index (χ1n) is 7.94. The molecule has 2 aromatic carbocycles. The quantitative estimate of drug-likeness (QED) is 0.505. The predicted molar refractivity (Wildman–Crippen MR) is 100 cm³/mol. The molecule has 0 bridgehead atoms. The molecule has 0 radical (unpaired) electrons. The molecular formula is C19H26Sn2. The maximum atomic E-state index is 2.60. The van der Waals surface area contributed by atoms with E-state index in [2.05, 4.69) is 72.1 Å². The molecule has 0 saturated heterocycles. The van der Waals surface area contributed by atoms with Crippen molar-refractivity contribution in [3.8, 4) is 11.1 Å². The first-order valence-corrected chi connectivity index (χ1v) is 28.1. The van der Waals surface area contributed by atoms with Crippen LogP contribution in [0.4, 0.5) is 0 Å². The van der Waals surface area contributed by atoms with Gasteiger partial charge in [-0.15, -0.1) is 0 Å². The van der Waals surface area contributed by atoms with E-state index in [0.29, 0.717) is 0 Å². The van der Waals surface area contributed by atoms with Gasteiger partial charge < -0.3 is 0 Å². The van der Waals surface area contributed by atoms with Crippen molar-refractivity contribution in [2.75, 3.05) is 0 Å². The number of fused-ring (bicyclic) bond motifs is 3. The van der Waals surface area contributed by atoms with Crippen molar-refractivity contribution >= 4 is 40.3 Å². The topological polar surface area (TPSA) is 0 Å². The van der Waals surface area contributed by atoms with Gasteiger partial charge in [0.15, 0.2) is 0 Å². The van der Waals surface area contributed by atoms with Crippen LogP contribution in [0.25, 0.3) is 11.1 Å². The Morgan fingerprint density at radius 1 is 0.714 bits per heavy atom. The maximum absolute atomic E-state index is 2.60. The summed E-state index contributed by atoms with van der Waals surface area (Å²) in [7, 11) is 0. The van der Waals surface area contributed by atoms with Gasteiger partial charge >= 0.3 is 139 Å². The number of hydrogen-bond donors (Lipinski definition) is 0. The summed E-state index contributed by atoms with van der Waals surface area (Å²) in [5.41, 5.74) is 6.43. The second kappa shape index (κ2) is 5.29. The van der Waals surface area contributed by atoms with Crippen LogP contribution in [-0.4, -0.2) is 36.8 Å². The summed E-state index contributed by atoms with van der Waals surface area (Å²) in [5, 5.41) is 0. The Kier molecular flexibility index (Phi) is 4.01. The average Bonchev–Trinajstić information content (AvgIpc) is 2.71. The molecule has 2 heteroatoms. The molecule has 1 atom stereocenters. The fraction of sp³-hybridized carbons (Fsp3) is 0.368. The Morgan fingerprint density at radius 2 is 1.33 bits per heavy atom. The molecule has 0 N–H and O–H groups in total. The summed E-state index contributed by atoms with van der Waals surface area (Å²) in [6, 6.07) is 16.3. The van der Waals surface area contributed by atoms with Gasteiger partial charge in [-0.05, 0) is 0 Å². The molecule has 1 unspecified atom stereocenters. The van der Waals surface area contributed by atoms with Crippen molar-refractivity contribution in [3.63, 3.8) is 0 Å². The third-order valence-corrected chi connectivity index (χ3v) is 17.1. The van der Waals surface area contributed by atoms with E-state index in [-0.39, 0.29) is 0 Å². The second-order valence-corrected chi connectivity index (χ2v) is 37.9. The second-order valence-electron chi connectivity index (χ2n) is 8.40. The van der Waals surface area contributed by atoms with Crippen molar-refractivity contribution in [1.82, 2.24) is 0 Å². The number of hydrogen-bond acceptors (Lipinski definition) is 0. The molecule has 0 heterocycles. The molecule has 21 heavy (non-hydrogen) atoms. The molecule has 3 rings (SSSR count). The van der Waals surface area contributed by atoms with Crippen LogP contribution in [0.1, 0.15) is 15.1 Å². The average molecular weight is 492 g/mol. The molecule has 0 amide bonds. The minimum atomic E-state index is -2.10. The number of benzene rings is 2. The molecule has 0 fully saturated rings. The molecule has 1 aliphatic carbocycles. The summed E-state index contributed by atoms with van der Waals surface area (Å²) in [6.07, 6.45) is 0. The first kappa shape index (κ1) is 15.9. The van der Waals surface area contributed by atoms with Crippen molar-refractivity contribution in [2.45, 2.75) is 33.6 Å². The van der Waals surface area contributed by atoms with Crippen LogP contribution in [0.5, 0.6) is 0 Å². The van der Waals surface area contributed by atoms with Crippen LogP contribution < -0.4 is 3.58 Å². The van der Waals surface area contributed by atoms with Crippen LogP contribution in [0.15, 0.2) is 42.5 Å². The van der Waals surface area contributed by atoms with Gasteiger partial charge in [-0.25, -0.2) is 0 Å². The van der Waals surface area contributed by atoms with E-state index in [4.69, 9.17) is 0 Å². The van der Waals surface area contributed by atoms with Crippen LogP contribution in [0.3, 0.4) is 0 Å². The summed E-state index contributed by atoms with van der Waals surface area (Å²) in [4.78, 5) is 15.5. The van der Waals surface area contributed by atoms with Crippen LogP contribution >= 0.6 is 0 Å². The Bertz CT molecular complexity index is 687. The zero-order chi connectivity index (χ0) is 15.4. The van der Waals surface area contributed by atoms with Crippen LogP contribution in [0.2, 0.25) is 29.6 Å². The number of rotatable bonds is 2. The van der Waals surface area contributed by atoms with E-state index < -0.39 is 36.8 Å². The third-order valence-electron chi connectivity index (χ3n) is 4.63. The van der Waals surface area contributed by atoms with E-state index in [9.17, 15) is 0 Å². The molecular weight excluding hydrogens is 466 g/mol. The van der Waals surface area contributed by atoms with Gasteiger partial charge in [0.2, 0.25) is 0 Å². The van der Waals surface area contributed by atoms with Gasteiger partial charge in [-0.2, -0.15) is 0 Å². The normalized spacial score (nSPS) is 17.5. The summed E-state index contributed by atoms with van der Waals surface area (Å²) >= 11 is -4.20. The predicted octanol–water partition coefficient (Wildman–Crippen LogP) is 5.22. The molecule has 1 aliphatic rings. The van der Waals surface area contributed by atoms with Crippen molar-refractivity contribution < 1.29 is 0 Å². The van der Waals surface area contributed by atoms with E-state index in [1.54, 1.807) is 20.3 Å². The summed E-state index contributed by atoms with van der Waals surface area (Å²) < 4.78 is 2.51. The van der Waals surface area contributed by atoms with E-state index >= 15 is 0 Å². The van der Waals surface area contributed by atoms with E-state index in [1.165, 1.54) is 5.56 Å². The third kappa shape index (κ3) is 2.71. The van der Waals surface area contributed by atoms with Crippen LogP contribution in [0, 0.1) is 0 Å². The molecule has 0 aliphatic heterocycles. The van der Waals surface area contributed by atoms with Gasteiger partial charge in [0, 0.05) is 0 Å². The van der Waals surface area contributed by atoms with E-state index in [0.717, 1.165) is 3.93 Å². The Hall–Kier alpha value is 0.0374. The van der Waals surface area contributed by atoms with Crippen molar-refractivity contribution in [3.05, 3.63) is 53.6 Å². The Balaban J connectivity index is 2.37. The van der Waals surface area contributed by atoms with Gasteiger partial charge in [0.25, 0.3) is 0 Å². The van der Waals surface area contributed by atoms with Gasteiger partial charge in [0.05, 0.1) is 0 Å². The molecule has 2 aromatic rings. The summed E-state index contributed by atoms with van der Waals surface area (Å²) in [5.74, 6) is 0. The van der Waals surface area contributed by atoms with Gasteiger partial charge in [-0.3, -0.25) is 0 Å². The molecule has 0 nitrogen and oxygen atoms in total.